The monoisotopic (exact) mass is 184 g/mol. The average molecular weight is 185 g/mol. The van der Waals surface area contributed by atoms with E-state index in [1.165, 1.54) is 23.5 Å². The van der Waals surface area contributed by atoms with Crippen LogP contribution in [0, 0.1) is 0 Å². The standard InChI is InChI=1S/C5H9ClOS2/c1-2-8-5(7)9-4-3-6/h2-4H2,1H3. The van der Waals surface area contributed by atoms with Crippen LogP contribution in [0.4, 0.5) is 4.79 Å². The molecule has 0 heterocycles. The van der Waals surface area contributed by atoms with Crippen LogP contribution in [0.1, 0.15) is 6.92 Å². The zero-order valence-corrected chi connectivity index (χ0v) is 7.61. The molecular weight excluding hydrogens is 176 g/mol. The molecule has 0 saturated heterocycles. The maximum absolute atomic E-state index is 10.7. The first-order valence-electron chi connectivity index (χ1n) is 2.66. The van der Waals surface area contributed by atoms with Gasteiger partial charge >= 0.3 is 0 Å². The second kappa shape index (κ2) is 6.78. The van der Waals surface area contributed by atoms with Crippen molar-refractivity contribution in [1.29, 1.82) is 0 Å². The maximum atomic E-state index is 10.7. The Morgan fingerprint density at radius 1 is 1.56 bits per heavy atom. The van der Waals surface area contributed by atoms with Crippen molar-refractivity contribution in [2.75, 3.05) is 17.4 Å². The smallest absolute Gasteiger partial charge is 0.246 e. The molecule has 0 aromatic heterocycles. The fourth-order valence-corrected chi connectivity index (χ4v) is 1.93. The lowest BCUT2D eigenvalue weighted by Gasteiger charge is -1.92. The van der Waals surface area contributed by atoms with Crippen LogP contribution < -0.4 is 0 Å². The van der Waals surface area contributed by atoms with Crippen LogP contribution >= 0.6 is 35.1 Å². The van der Waals surface area contributed by atoms with Crippen molar-refractivity contribution in [1.82, 2.24) is 0 Å². The summed E-state index contributed by atoms with van der Waals surface area (Å²) in [4.78, 5) is 10.7. The molecule has 0 bridgehead atoms. The Labute approximate surface area is 68.9 Å². The topological polar surface area (TPSA) is 17.1 Å². The van der Waals surface area contributed by atoms with E-state index in [0.717, 1.165) is 11.5 Å². The van der Waals surface area contributed by atoms with Gasteiger partial charge < -0.3 is 0 Å². The molecule has 0 saturated carbocycles. The molecule has 0 rings (SSSR count). The third-order valence-corrected chi connectivity index (χ3v) is 2.85. The highest BCUT2D eigenvalue weighted by atomic mass is 35.5. The minimum atomic E-state index is 0.179. The molecule has 0 N–H and O–H groups in total. The number of carbonyl (C=O) groups excluding carboxylic acids is 1. The molecule has 0 atom stereocenters. The Bertz CT molecular complexity index is 87.0. The summed E-state index contributed by atoms with van der Waals surface area (Å²) >= 11 is 7.99. The van der Waals surface area contributed by atoms with Gasteiger partial charge in [0.2, 0.25) is 4.45 Å². The second-order valence-corrected chi connectivity index (χ2v) is 4.16. The summed E-state index contributed by atoms with van der Waals surface area (Å²) in [5, 5.41) is 0. The number of hydrogen-bond acceptors (Lipinski definition) is 3. The van der Waals surface area contributed by atoms with Crippen LogP contribution in [0.25, 0.3) is 0 Å². The van der Waals surface area contributed by atoms with E-state index in [0.29, 0.717) is 5.88 Å². The van der Waals surface area contributed by atoms with Gasteiger partial charge in [-0.25, -0.2) is 0 Å². The summed E-state index contributed by atoms with van der Waals surface area (Å²) in [5.41, 5.74) is 0. The van der Waals surface area contributed by atoms with Crippen molar-refractivity contribution in [3.05, 3.63) is 0 Å². The second-order valence-electron chi connectivity index (χ2n) is 1.22. The molecule has 0 radical (unpaired) electrons. The van der Waals surface area contributed by atoms with Crippen molar-refractivity contribution in [2.45, 2.75) is 6.92 Å². The molecule has 54 valence electrons. The fourth-order valence-electron chi connectivity index (χ4n) is 0.281. The largest absolute Gasteiger partial charge is 0.274 e. The third-order valence-electron chi connectivity index (χ3n) is 0.559. The van der Waals surface area contributed by atoms with Crippen molar-refractivity contribution < 1.29 is 4.79 Å². The Kier molecular flexibility index (Phi) is 7.27. The zero-order valence-electron chi connectivity index (χ0n) is 5.22. The SMILES string of the molecule is CCSC(=O)SCCCl. The van der Waals surface area contributed by atoms with Gasteiger partial charge in [0.15, 0.2) is 0 Å². The van der Waals surface area contributed by atoms with Crippen LogP contribution in [-0.4, -0.2) is 21.8 Å². The van der Waals surface area contributed by atoms with Crippen LogP contribution in [0.15, 0.2) is 0 Å². The van der Waals surface area contributed by atoms with Gasteiger partial charge in [-0.15, -0.1) is 11.6 Å². The molecule has 0 aromatic carbocycles. The third kappa shape index (κ3) is 6.55. The van der Waals surface area contributed by atoms with Gasteiger partial charge in [-0.05, 0) is 5.75 Å². The minimum Gasteiger partial charge on any atom is -0.274 e. The molecule has 0 aliphatic carbocycles. The number of halogens is 1. The van der Waals surface area contributed by atoms with E-state index in [9.17, 15) is 4.79 Å². The fraction of sp³-hybridized carbons (Fsp3) is 0.800. The van der Waals surface area contributed by atoms with Crippen LogP contribution in [0.3, 0.4) is 0 Å². The lowest BCUT2D eigenvalue weighted by Crippen LogP contribution is -1.85. The highest BCUT2D eigenvalue weighted by molar-refractivity contribution is 8.38. The van der Waals surface area contributed by atoms with Gasteiger partial charge in [0.1, 0.15) is 0 Å². The van der Waals surface area contributed by atoms with Crippen molar-refractivity contribution in [2.24, 2.45) is 0 Å². The quantitative estimate of drug-likeness (QED) is 0.628. The first kappa shape index (κ1) is 9.66. The van der Waals surface area contributed by atoms with Crippen molar-refractivity contribution >= 4 is 39.6 Å². The molecule has 0 aliphatic rings. The summed E-state index contributed by atoms with van der Waals surface area (Å²) in [6.45, 7) is 1.96. The van der Waals surface area contributed by atoms with Crippen LogP contribution in [0.2, 0.25) is 0 Å². The molecule has 9 heavy (non-hydrogen) atoms. The number of rotatable bonds is 3. The van der Waals surface area contributed by atoms with Gasteiger partial charge in [0.25, 0.3) is 0 Å². The van der Waals surface area contributed by atoms with E-state index in [-0.39, 0.29) is 4.45 Å². The molecule has 0 spiro atoms. The molecular formula is C5H9ClOS2. The van der Waals surface area contributed by atoms with Crippen molar-refractivity contribution in [3.63, 3.8) is 0 Å². The van der Waals surface area contributed by atoms with Crippen LogP contribution in [0.5, 0.6) is 0 Å². The molecule has 0 aromatic rings. The predicted octanol–water partition coefficient (Wildman–Crippen LogP) is 2.83. The first-order chi connectivity index (χ1) is 4.31. The van der Waals surface area contributed by atoms with Gasteiger partial charge in [-0.3, -0.25) is 4.79 Å². The minimum absolute atomic E-state index is 0.179. The summed E-state index contributed by atoms with van der Waals surface area (Å²) in [6.07, 6.45) is 0. The number of alkyl halides is 1. The molecule has 1 nitrogen and oxygen atoms in total. The Balaban J connectivity index is 3.06. The van der Waals surface area contributed by atoms with E-state index in [4.69, 9.17) is 11.6 Å². The molecule has 0 unspecified atom stereocenters. The number of hydrogen-bond donors (Lipinski definition) is 0. The zero-order chi connectivity index (χ0) is 7.11. The Morgan fingerprint density at radius 3 is 2.67 bits per heavy atom. The number of thioether (sulfide) groups is 2. The Hall–Kier alpha value is 0.660. The normalized spacial score (nSPS) is 9.56. The first-order valence-corrected chi connectivity index (χ1v) is 5.17. The maximum Gasteiger partial charge on any atom is 0.246 e. The van der Waals surface area contributed by atoms with Gasteiger partial charge in [0.05, 0.1) is 0 Å². The van der Waals surface area contributed by atoms with Gasteiger partial charge in [-0.1, -0.05) is 30.4 Å². The molecule has 4 heteroatoms. The van der Waals surface area contributed by atoms with E-state index < -0.39 is 0 Å². The molecule has 0 aliphatic heterocycles. The van der Waals surface area contributed by atoms with Gasteiger partial charge in [0, 0.05) is 11.6 Å². The summed E-state index contributed by atoms with van der Waals surface area (Å²) < 4.78 is 0.179. The Morgan fingerprint density at radius 2 is 2.22 bits per heavy atom. The van der Waals surface area contributed by atoms with Gasteiger partial charge in [-0.2, -0.15) is 0 Å². The summed E-state index contributed by atoms with van der Waals surface area (Å²) in [7, 11) is 0. The van der Waals surface area contributed by atoms with E-state index in [2.05, 4.69) is 0 Å². The molecule has 0 fully saturated rings. The summed E-state index contributed by atoms with van der Waals surface area (Å²) in [6, 6.07) is 0. The molecule has 0 amide bonds. The number of carbonyl (C=O) groups is 1. The predicted molar refractivity (Wildman–Crippen MR) is 46.7 cm³/mol. The van der Waals surface area contributed by atoms with Crippen molar-refractivity contribution in [3.8, 4) is 0 Å². The van der Waals surface area contributed by atoms with E-state index in [1.54, 1.807) is 0 Å². The van der Waals surface area contributed by atoms with E-state index >= 15 is 0 Å². The lowest BCUT2D eigenvalue weighted by atomic mass is 11.0. The highest BCUT2D eigenvalue weighted by Gasteiger charge is 1.98. The summed E-state index contributed by atoms with van der Waals surface area (Å²) in [5.74, 6) is 2.14. The lowest BCUT2D eigenvalue weighted by molar-refractivity contribution is 0.276. The van der Waals surface area contributed by atoms with Crippen LogP contribution in [-0.2, 0) is 0 Å². The highest BCUT2D eigenvalue weighted by Crippen LogP contribution is 2.15. The van der Waals surface area contributed by atoms with E-state index in [1.807, 2.05) is 6.92 Å². The average Bonchev–Trinajstić information content (AvgIpc) is 1.85.